The fourth-order valence-electron chi connectivity index (χ4n) is 3.65. The first-order valence-electron chi connectivity index (χ1n) is 11.2. The van der Waals surface area contributed by atoms with Crippen LogP contribution in [0.3, 0.4) is 0 Å². The van der Waals surface area contributed by atoms with Crippen molar-refractivity contribution in [1.82, 2.24) is 10.6 Å². The summed E-state index contributed by atoms with van der Waals surface area (Å²) in [6.45, 7) is 6.07. The van der Waals surface area contributed by atoms with Crippen molar-refractivity contribution in [3.8, 4) is 0 Å². The van der Waals surface area contributed by atoms with Gasteiger partial charge in [0.05, 0.1) is 0 Å². The minimum atomic E-state index is 0. The third kappa shape index (κ3) is 8.34. The molecule has 2 aromatic rings. The van der Waals surface area contributed by atoms with Gasteiger partial charge in [0.15, 0.2) is 5.96 Å². The zero-order valence-corrected chi connectivity index (χ0v) is 21.9. The van der Waals surface area contributed by atoms with Gasteiger partial charge < -0.3 is 20.9 Å². The second-order valence-corrected chi connectivity index (χ2v) is 8.44. The molecule has 178 valence electrons. The summed E-state index contributed by atoms with van der Waals surface area (Å²) >= 11 is 0. The second kappa shape index (κ2) is 13.2. The lowest BCUT2D eigenvalue weighted by Crippen LogP contribution is -2.36. The molecule has 1 fully saturated rings. The van der Waals surface area contributed by atoms with Crippen LogP contribution in [-0.2, 0) is 22.7 Å². The van der Waals surface area contributed by atoms with Crippen LogP contribution >= 0.6 is 24.0 Å². The summed E-state index contributed by atoms with van der Waals surface area (Å²) in [6.07, 6.45) is 2.07. The number of benzene rings is 2. The molecule has 0 aromatic heterocycles. The van der Waals surface area contributed by atoms with Crippen LogP contribution in [0, 0.1) is 5.92 Å². The Labute approximate surface area is 213 Å². The molecular weight excluding hydrogens is 529 g/mol. The number of aliphatic imine (C=N–C) groups is 1. The summed E-state index contributed by atoms with van der Waals surface area (Å²) in [5.41, 5.74) is 3.92. The zero-order chi connectivity index (χ0) is 22.9. The first-order valence-corrected chi connectivity index (χ1v) is 11.2. The lowest BCUT2D eigenvalue weighted by Gasteiger charge is -2.16. The standard InChI is InChI=1S/C25H33N5O2.HI/c1-18(2)14-23(31)29-21-7-4-6-20(15-21)17-28-25(26-3)27-16-19-9-11-22(12-10-19)30-13-5-8-24(30)32;/h4,6-7,9-12,15,18H,5,8,13-14,16-17H2,1-3H3,(H,29,31)(H2,26,27,28);1H. The molecule has 0 bridgehead atoms. The van der Waals surface area contributed by atoms with Gasteiger partial charge in [-0.2, -0.15) is 0 Å². The van der Waals surface area contributed by atoms with Crippen molar-refractivity contribution in [1.29, 1.82) is 0 Å². The lowest BCUT2D eigenvalue weighted by atomic mass is 10.1. The van der Waals surface area contributed by atoms with E-state index in [2.05, 4.69) is 20.9 Å². The Morgan fingerprint density at radius 2 is 1.76 bits per heavy atom. The Hall–Kier alpha value is -2.62. The Morgan fingerprint density at radius 1 is 1.06 bits per heavy atom. The Kier molecular flexibility index (Phi) is 10.6. The third-order valence-corrected chi connectivity index (χ3v) is 5.27. The van der Waals surface area contributed by atoms with Gasteiger partial charge in [-0.05, 0) is 47.7 Å². The maximum Gasteiger partial charge on any atom is 0.227 e. The van der Waals surface area contributed by atoms with Crippen molar-refractivity contribution in [3.63, 3.8) is 0 Å². The Bertz CT molecular complexity index is 960. The number of hydrogen-bond donors (Lipinski definition) is 3. The summed E-state index contributed by atoms with van der Waals surface area (Å²) in [5.74, 6) is 1.25. The van der Waals surface area contributed by atoms with E-state index in [1.807, 2.05) is 67.3 Å². The lowest BCUT2D eigenvalue weighted by molar-refractivity contribution is -0.117. The second-order valence-electron chi connectivity index (χ2n) is 8.44. The largest absolute Gasteiger partial charge is 0.352 e. The molecule has 0 aliphatic carbocycles. The van der Waals surface area contributed by atoms with Gasteiger partial charge in [-0.3, -0.25) is 14.6 Å². The Morgan fingerprint density at radius 3 is 2.36 bits per heavy atom. The monoisotopic (exact) mass is 563 g/mol. The molecular formula is C25H34IN5O2. The molecule has 2 amide bonds. The van der Waals surface area contributed by atoms with Crippen LogP contribution < -0.4 is 20.9 Å². The normalized spacial score (nSPS) is 13.6. The van der Waals surface area contributed by atoms with E-state index in [-0.39, 0.29) is 35.8 Å². The number of rotatable bonds is 8. The van der Waals surface area contributed by atoms with E-state index in [9.17, 15) is 9.59 Å². The van der Waals surface area contributed by atoms with E-state index in [1.165, 1.54) is 0 Å². The van der Waals surface area contributed by atoms with Crippen LogP contribution in [0.15, 0.2) is 53.5 Å². The molecule has 1 aliphatic rings. The van der Waals surface area contributed by atoms with Crippen molar-refractivity contribution in [3.05, 3.63) is 59.7 Å². The highest BCUT2D eigenvalue weighted by Gasteiger charge is 2.21. The molecule has 33 heavy (non-hydrogen) atoms. The van der Waals surface area contributed by atoms with Crippen LogP contribution in [0.5, 0.6) is 0 Å². The van der Waals surface area contributed by atoms with E-state index in [4.69, 9.17) is 0 Å². The molecule has 8 heteroatoms. The average molecular weight is 563 g/mol. The molecule has 1 aliphatic heterocycles. The maximum atomic E-state index is 12.0. The zero-order valence-electron chi connectivity index (χ0n) is 19.6. The van der Waals surface area contributed by atoms with Gasteiger partial charge in [-0.15, -0.1) is 24.0 Å². The van der Waals surface area contributed by atoms with Crippen LogP contribution in [0.25, 0.3) is 0 Å². The van der Waals surface area contributed by atoms with Gasteiger partial charge in [0.2, 0.25) is 11.8 Å². The highest BCUT2D eigenvalue weighted by Crippen LogP contribution is 2.21. The number of nitrogens with zero attached hydrogens (tertiary/aromatic N) is 2. The molecule has 0 unspecified atom stereocenters. The van der Waals surface area contributed by atoms with Crippen LogP contribution in [-0.4, -0.2) is 31.4 Å². The predicted molar refractivity (Wildman–Crippen MR) is 145 cm³/mol. The molecule has 0 spiro atoms. The molecule has 3 rings (SSSR count). The fraction of sp³-hybridized carbons (Fsp3) is 0.400. The van der Waals surface area contributed by atoms with Crippen molar-refractivity contribution in [2.75, 3.05) is 23.8 Å². The van der Waals surface area contributed by atoms with E-state index < -0.39 is 0 Å². The highest BCUT2D eigenvalue weighted by molar-refractivity contribution is 14.0. The first kappa shape index (κ1) is 26.6. The quantitative estimate of drug-likeness (QED) is 0.254. The number of carbonyl (C=O) groups is 2. The van der Waals surface area contributed by atoms with Gasteiger partial charge in [0.25, 0.3) is 0 Å². The SMILES string of the molecule is CN=C(NCc1ccc(N2CCCC2=O)cc1)NCc1cccc(NC(=O)CC(C)C)c1.I. The van der Waals surface area contributed by atoms with Crippen molar-refractivity contribution in [2.24, 2.45) is 10.9 Å². The minimum absolute atomic E-state index is 0. The predicted octanol–water partition coefficient (Wildman–Crippen LogP) is 4.28. The summed E-state index contributed by atoms with van der Waals surface area (Å²) in [4.78, 5) is 30.0. The van der Waals surface area contributed by atoms with E-state index >= 15 is 0 Å². The van der Waals surface area contributed by atoms with Crippen molar-refractivity contribution in [2.45, 2.75) is 46.2 Å². The summed E-state index contributed by atoms with van der Waals surface area (Å²) in [5, 5.41) is 9.57. The maximum absolute atomic E-state index is 12.0. The molecule has 3 N–H and O–H groups in total. The molecule has 0 saturated carbocycles. The van der Waals surface area contributed by atoms with Crippen molar-refractivity contribution < 1.29 is 9.59 Å². The smallest absolute Gasteiger partial charge is 0.227 e. The van der Waals surface area contributed by atoms with Gasteiger partial charge in [0.1, 0.15) is 0 Å². The van der Waals surface area contributed by atoms with Crippen LogP contribution in [0.4, 0.5) is 11.4 Å². The van der Waals surface area contributed by atoms with Crippen LogP contribution in [0.1, 0.15) is 44.2 Å². The highest BCUT2D eigenvalue weighted by atomic mass is 127. The third-order valence-electron chi connectivity index (χ3n) is 5.27. The average Bonchev–Trinajstić information content (AvgIpc) is 3.20. The van der Waals surface area contributed by atoms with E-state index in [1.54, 1.807) is 7.05 Å². The molecule has 0 atom stereocenters. The number of halogens is 1. The van der Waals surface area contributed by atoms with E-state index in [0.717, 1.165) is 35.5 Å². The molecule has 1 saturated heterocycles. The van der Waals surface area contributed by atoms with Gasteiger partial charge in [-0.1, -0.05) is 38.1 Å². The molecule has 1 heterocycles. The minimum Gasteiger partial charge on any atom is -0.352 e. The number of guanidine groups is 1. The Balaban J connectivity index is 0.00000385. The number of nitrogens with one attached hydrogen (secondary N) is 3. The number of anilines is 2. The number of hydrogen-bond acceptors (Lipinski definition) is 3. The topological polar surface area (TPSA) is 85.8 Å². The van der Waals surface area contributed by atoms with Gasteiger partial charge in [-0.25, -0.2) is 0 Å². The summed E-state index contributed by atoms with van der Waals surface area (Å²) in [7, 11) is 1.74. The van der Waals surface area contributed by atoms with Crippen LogP contribution in [0.2, 0.25) is 0 Å². The fourth-order valence-corrected chi connectivity index (χ4v) is 3.65. The summed E-state index contributed by atoms with van der Waals surface area (Å²) < 4.78 is 0. The molecule has 7 nitrogen and oxygen atoms in total. The first-order chi connectivity index (χ1) is 15.4. The molecule has 2 aromatic carbocycles. The number of carbonyl (C=O) groups excluding carboxylic acids is 2. The van der Waals surface area contributed by atoms with Crippen molar-refractivity contribution >= 4 is 53.1 Å². The van der Waals surface area contributed by atoms with Gasteiger partial charge >= 0.3 is 0 Å². The molecule has 0 radical (unpaired) electrons. The number of amides is 2. The van der Waals surface area contributed by atoms with E-state index in [0.29, 0.717) is 37.8 Å². The summed E-state index contributed by atoms with van der Waals surface area (Å²) in [6, 6.07) is 15.9. The van der Waals surface area contributed by atoms with Gasteiger partial charge in [0, 0.05) is 50.9 Å².